The van der Waals surface area contributed by atoms with Crippen LogP contribution in [0.4, 0.5) is 5.69 Å². The number of furan rings is 1. The fourth-order valence-electron chi connectivity index (χ4n) is 2.93. The maximum atomic E-state index is 12.0. The predicted molar refractivity (Wildman–Crippen MR) is 118 cm³/mol. The molecule has 1 fully saturated rings. The minimum absolute atomic E-state index is 0.0218. The van der Waals surface area contributed by atoms with Crippen molar-refractivity contribution in [2.75, 3.05) is 18.5 Å². The van der Waals surface area contributed by atoms with E-state index in [-0.39, 0.29) is 25.0 Å². The molecule has 0 spiro atoms. The Kier molecular flexibility index (Phi) is 8.30. The van der Waals surface area contributed by atoms with E-state index < -0.39 is 23.6 Å². The molecule has 0 saturated carbocycles. The molecule has 1 saturated heterocycles. The molecule has 11 nitrogen and oxygen atoms in total. The summed E-state index contributed by atoms with van der Waals surface area (Å²) in [4.78, 5) is 47.4. The van der Waals surface area contributed by atoms with Crippen LogP contribution >= 0.6 is 0 Å². The van der Waals surface area contributed by atoms with Crippen molar-refractivity contribution in [1.29, 1.82) is 0 Å². The van der Waals surface area contributed by atoms with Crippen LogP contribution in [0.25, 0.3) is 0 Å². The Bertz CT molecular complexity index is 1020. The molecular formula is C22H25N5O6. The number of aryl methyl sites for hydroxylation is 1. The van der Waals surface area contributed by atoms with Crippen LogP contribution in [0.5, 0.6) is 0 Å². The van der Waals surface area contributed by atoms with Gasteiger partial charge in [0.1, 0.15) is 11.5 Å². The number of hydrogen-bond acceptors (Lipinski definition) is 7. The average molecular weight is 455 g/mol. The summed E-state index contributed by atoms with van der Waals surface area (Å²) in [6.07, 6.45) is 2.92. The van der Waals surface area contributed by atoms with E-state index in [0.717, 1.165) is 18.4 Å². The van der Waals surface area contributed by atoms with Gasteiger partial charge < -0.3 is 25.1 Å². The first-order valence-corrected chi connectivity index (χ1v) is 10.4. The molecule has 1 aromatic carbocycles. The van der Waals surface area contributed by atoms with Gasteiger partial charge in [-0.05, 0) is 44.0 Å². The molecule has 1 aliphatic rings. The van der Waals surface area contributed by atoms with Gasteiger partial charge >= 0.3 is 23.6 Å². The maximum Gasteiger partial charge on any atom is 0.329 e. The van der Waals surface area contributed by atoms with Gasteiger partial charge in [0.05, 0.1) is 18.9 Å². The Morgan fingerprint density at radius 1 is 1.00 bits per heavy atom. The molecule has 174 valence electrons. The average Bonchev–Trinajstić information content (AvgIpc) is 3.49. The zero-order valence-corrected chi connectivity index (χ0v) is 18.1. The van der Waals surface area contributed by atoms with E-state index >= 15 is 0 Å². The Morgan fingerprint density at radius 2 is 1.76 bits per heavy atom. The number of hydrazone groups is 1. The molecule has 2 aromatic rings. The van der Waals surface area contributed by atoms with Crippen molar-refractivity contribution in [2.45, 2.75) is 32.4 Å². The van der Waals surface area contributed by atoms with E-state index in [1.54, 1.807) is 24.3 Å². The highest BCUT2D eigenvalue weighted by Gasteiger charge is 2.19. The van der Waals surface area contributed by atoms with Gasteiger partial charge in [0, 0.05) is 18.8 Å². The number of nitrogens with one attached hydrogen (secondary N) is 4. The summed E-state index contributed by atoms with van der Waals surface area (Å²) < 4.78 is 10.8. The Morgan fingerprint density at radius 3 is 2.48 bits per heavy atom. The van der Waals surface area contributed by atoms with Crippen LogP contribution in [-0.4, -0.2) is 49.1 Å². The third kappa shape index (κ3) is 7.58. The quantitative estimate of drug-likeness (QED) is 0.272. The first-order valence-electron chi connectivity index (χ1n) is 10.4. The number of anilines is 1. The zero-order valence-electron chi connectivity index (χ0n) is 18.1. The standard InChI is InChI=1S/C22H25N5O6/c1-14-4-6-15(7-5-14)26-21(30)19(28)24-12-17-8-9-18(33-17)13-25-27-22(31)20(29)23-11-16-3-2-10-32-16/h4-9,13,16H,2-3,10-12H2,1H3,(H,23,29)(H,24,28)(H,26,30)(H,27,31)/b25-13+/t16-/m0/s1. The lowest BCUT2D eigenvalue weighted by atomic mass is 10.2. The molecule has 33 heavy (non-hydrogen) atoms. The van der Waals surface area contributed by atoms with Gasteiger partial charge in [-0.1, -0.05) is 17.7 Å². The van der Waals surface area contributed by atoms with Crippen molar-refractivity contribution in [3.63, 3.8) is 0 Å². The van der Waals surface area contributed by atoms with Crippen molar-refractivity contribution < 1.29 is 28.3 Å². The van der Waals surface area contributed by atoms with Crippen molar-refractivity contribution >= 4 is 35.5 Å². The number of nitrogens with zero attached hydrogens (tertiary/aromatic N) is 1. The third-order valence-corrected chi connectivity index (χ3v) is 4.70. The fraction of sp³-hybridized carbons (Fsp3) is 0.318. The largest absolute Gasteiger partial charge is 0.458 e. The van der Waals surface area contributed by atoms with Crippen LogP contribution in [0.3, 0.4) is 0 Å². The van der Waals surface area contributed by atoms with E-state index in [1.165, 1.54) is 6.21 Å². The highest BCUT2D eigenvalue weighted by atomic mass is 16.5. The monoisotopic (exact) mass is 455 g/mol. The molecule has 4 amide bonds. The lowest BCUT2D eigenvalue weighted by molar-refractivity contribution is -0.139. The second kappa shape index (κ2) is 11.6. The molecule has 3 rings (SSSR count). The van der Waals surface area contributed by atoms with E-state index in [0.29, 0.717) is 18.1 Å². The highest BCUT2D eigenvalue weighted by Crippen LogP contribution is 2.10. The topological polar surface area (TPSA) is 151 Å². The normalized spacial score (nSPS) is 15.2. The van der Waals surface area contributed by atoms with E-state index in [4.69, 9.17) is 9.15 Å². The number of amides is 4. The Balaban J connectivity index is 1.38. The van der Waals surface area contributed by atoms with Crippen LogP contribution in [0.2, 0.25) is 0 Å². The number of hydrogen-bond donors (Lipinski definition) is 4. The number of ether oxygens (including phenoxy) is 1. The maximum absolute atomic E-state index is 12.0. The smallest absolute Gasteiger partial charge is 0.329 e. The van der Waals surface area contributed by atoms with Crippen molar-refractivity contribution in [3.8, 4) is 0 Å². The first kappa shape index (κ1) is 23.7. The van der Waals surface area contributed by atoms with Crippen molar-refractivity contribution in [2.24, 2.45) is 5.10 Å². The number of carbonyl (C=O) groups excluding carboxylic acids is 4. The molecule has 2 heterocycles. The van der Waals surface area contributed by atoms with Crippen LogP contribution in [0.1, 0.15) is 29.9 Å². The van der Waals surface area contributed by atoms with Crippen LogP contribution < -0.4 is 21.4 Å². The minimum Gasteiger partial charge on any atom is -0.458 e. The lowest BCUT2D eigenvalue weighted by Crippen LogP contribution is -2.41. The van der Waals surface area contributed by atoms with Crippen LogP contribution in [-0.2, 0) is 30.5 Å². The lowest BCUT2D eigenvalue weighted by Gasteiger charge is -2.09. The molecule has 0 aliphatic carbocycles. The highest BCUT2D eigenvalue weighted by molar-refractivity contribution is 6.39. The molecule has 1 aromatic heterocycles. The fourth-order valence-corrected chi connectivity index (χ4v) is 2.93. The Hall–Kier alpha value is -3.99. The molecule has 0 radical (unpaired) electrons. The van der Waals surface area contributed by atoms with Gasteiger partial charge in [-0.15, -0.1) is 0 Å². The first-order chi connectivity index (χ1) is 15.9. The van der Waals surface area contributed by atoms with Gasteiger partial charge in [-0.2, -0.15) is 5.10 Å². The van der Waals surface area contributed by atoms with Gasteiger partial charge in [0.2, 0.25) is 0 Å². The molecule has 4 N–H and O–H groups in total. The molecule has 1 aliphatic heterocycles. The summed E-state index contributed by atoms with van der Waals surface area (Å²) in [5, 5.41) is 11.1. The second-order valence-electron chi connectivity index (χ2n) is 7.35. The van der Waals surface area contributed by atoms with Gasteiger partial charge in [-0.25, -0.2) is 5.43 Å². The van der Waals surface area contributed by atoms with E-state index in [2.05, 4.69) is 26.5 Å². The van der Waals surface area contributed by atoms with E-state index in [1.807, 2.05) is 19.1 Å². The summed E-state index contributed by atoms with van der Waals surface area (Å²) in [7, 11) is 0. The van der Waals surface area contributed by atoms with E-state index in [9.17, 15) is 19.2 Å². The van der Waals surface area contributed by atoms with Crippen molar-refractivity contribution in [3.05, 3.63) is 53.5 Å². The molecular weight excluding hydrogens is 430 g/mol. The number of carbonyl (C=O) groups is 4. The summed E-state index contributed by atoms with van der Waals surface area (Å²) in [6, 6.07) is 10.2. The molecule has 1 atom stereocenters. The minimum atomic E-state index is -0.914. The molecule has 0 unspecified atom stereocenters. The predicted octanol–water partition coefficient (Wildman–Crippen LogP) is 0.588. The van der Waals surface area contributed by atoms with Gasteiger partial charge in [0.15, 0.2) is 0 Å². The second-order valence-corrected chi connectivity index (χ2v) is 7.35. The third-order valence-electron chi connectivity index (χ3n) is 4.70. The van der Waals surface area contributed by atoms with Crippen LogP contribution in [0.15, 0.2) is 45.9 Å². The van der Waals surface area contributed by atoms with Gasteiger partial charge in [0.25, 0.3) is 0 Å². The number of benzene rings is 1. The summed E-state index contributed by atoms with van der Waals surface area (Å²) in [6.45, 7) is 2.82. The SMILES string of the molecule is Cc1ccc(NC(=O)C(=O)NCc2ccc(/C=N/NC(=O)C(=O)NC[C@@H]3CCCO3)o2)cc1. The zero-order chi connectivity index (χ0) is 23.6. The molecule has 11 heteroatoms. The summed E-state index contributed by atoms with van der Waals surface area (Å²) in [5.74, 6) is -2.69. The summed E-state index contributed by atoms with van der Waals surface area (Å²) >= 11 is 0. The van der Waals surface area contributed by atoms with Crippen molar-refractivity contribution in [1.82, 2.24) is 16.1 Å². The van der Waals surface area contributed by atoms with Gasteiger partial charge in [-0.3, -0.25) is 19.2 Å². The molecule has 0 bridgehead atoms. The van der Waals surface area contributed by atoms with Crippen LogP contribution in [0, 0.1) is 6.92 Å². The Labute approximate surface area is 189 Å². The number of rotatable bonds is 7. The summed E-state index contributed by atoms with van der Waals surface area (Å²) in [5.41, 5.74) is 3.65.